The molecular formula is C7H5ClFNaO4S. The summed E-state index contributed by atoms with van der Waals surface area (Å²) >= 11 is 5.43. The van der Waals surface area contributed by atoms with Crippen molar-refractivity contribution in [2.45, 2.75) is 5.44 Å². The van der Waals surface area contributed by atoms with Gasteiger partial charge < -0.3 is 9.66 Å². The first-order valence-electron chi connectivity index (χ1n) is 3.40. The standard InChI is InChI=1S/C7H6ClFO4S.Na/c8-6-3-4(9)1-2-5(6)7(10)14(11,12)13;/h1-3,7,10H,(H,11,12,13);/q;+1/p-1. The molecule has 1 unspecified atom stereocenters. The molecule has 1 aromatic rings. The molecule has 0 saturated carbocycles. The molecule has 8 heteroatoms. The van der Waals surface area contributed by atoms with Crippen molar-refractivity contribution in [2.75, 3.05) is 0 Å². The maximum atomic E-state index is 12.5. The van der Waals surface area contributed by atoms with E-state index in [1.807, 2.05) is 0 Å². The Labute approximate surface area is 113 Å². The summed E-state index contributed by atoms with van der Waals surface area (Å²) in [5.41, 5.74) is -2.60. The predicted octanol–water partition coefficient (Wildman–Crippen LogP) is -1.98. The van der Waals surface area contributed by atoms with Gasteiger partial charge in [0.05, 0.1) is 5.02 Å². The molecule has 0 spiro atoms. The molecular weight excluding hydrogens is 258 g/mol. The minimum Gasteiger partial charge on any atom is -0.746 e. The first-order valence-corrected chi connectivity index (χ1v) is 5.25. The van der Waals surface area contributed by atoms with Gasteiger partial charge in [-0.2, -0.15) is 0 Å². The SMILES string of the molecule is O=S(=O)([O-])C(O)c1ccc(F)cc1Cl.[Na+]. The van der Waals surface area contributed by atoms with Gasteiger partial charge in [-0.3, -0.25) is 0 Å². The van der Waals surface area contributed by atoms with Gasteiger partial charge in [0.25, 0.3) is 0 Å². The van der Waals surface area contributed by atoms with E-state index < -0.39 is 21.4 Å². The van der Waals surface area contributed by atoms with E-state index in [1.165, 1.54) is 0 Å². The second-order valence-electron chi connectivity index (χ2n) is 2.51. The van der Waals surface area contributed by atoms with E-state index in [0.29, 0.717) is 0 Å². The molecule has 1 N–H and O–H groups in total. The van der Waals surface area contributed by atoms with Crippen LogP contribution in [0.1, 0.15) is 11.0 Å². The second-order valence-corrected chi connectivity index (χ2v) is 4.35. The van der Waals surface area contributed by atoms with Crippen LogP contribution in [0.5, 0.6) is 0 Å². The minimum absolute atomic E-state index is 0. The Morgan fingerprint density at radius 2 is 2.00 bits per heavy atom. The van der Waals surface area contributed by atoms with Crippen molar-refractivity contribution in [2.24, 2.45) is 0 Å². The van der Waals surface area contributed by atoms with E-state index >= 15 is 0 Å². The molecule has 1 aromatic carbocycles. The minimum atomic E-state index is -4.89. The van der Waals surface area contributed by atoms with Crippen LogP contribution in [0.15, 0.2) is 18.2 Å². The van der Waals surface area contributed by atoms with E-state index in [2.05, 4.69) is 0 Å². The first-order chi connectivity index (χ1) is 6.32. The fraction of sp³-hybridized carbons (Fsp3) is 0.143. The van der Waals surface area contributed by atoms with Crippen LogP contribution in [-0.4, -0.2) is 18.1 Å². The predicted molar refractivity (Wildman–Crippen MR) is 46.1 cm³/mol. The number of halogens is 2. The molecule has 78 valence electrons. The van der Waals surface area contributed by atoms with Gasteiger partial charge in [0.15, 0.2) is 5.44 Å². The Morgan fingerprint density at radius 3 is 2.40 bits per heavy atom. The van der Waals surface area contributed by atoms with Crippen molar-refractivity contribution in [1.82, 2.24) is 0 Å². The van der Waals surface area contributed by atoms with Gasteiger partial charge >= 0.3 is 29.6 Å². The maximum Gasteiger partial charge on any atom is 1.00 e. The molecule has 1 atom stereocenters. The van der Waals surface area contributed by atoms with Gasteiger partial charge in [-0.25, -0.2) is 12.8 Å². The van der Waals surface area contributed by atoms with E-state index in [4.69, 9.17) is 16.7 Å². The van der Waals surface area contributed by atoms with Gasteiger partial charge in [-0.15, -0.1) is 0 Å². The molecule has 0 radical (unpaired) electrons. The topological polar surface area (TPSA) is 77.4 Å². The van der Waals surface area contributed by atoms with Crippen LogP contribution in [0.25, 0.3) is 0 Å². The summed E-state index contributed by atoms with van der Waals surface area (Å²) < 4.78 is 43.7. The Balaban J connectivity index is 0.00000196. The fourth-order valence-electron chi connectivity index (χ4n) is 0.857. The fourth-order valence-corrected chi connectivity index (χ4v) is 1.71. The summed E-state index contributed by atoms with van der Waals surface area (Å²) in [5.74, 6) is -0.686. The van der Waals surface area contributed by atoms with Crippen molar-refractivity contribution in [1.29, 1.82) is 0 Å². The Hall–Kier alpha value is 0.310. The van der Waals surface area contributed by atoms with Crippen molar-refractivity contribution >= 4 is 21.7 Å². The van der Waals surface area contributed by atoms with Crippen LogP contribution in [-0.2, 0) is 10.1 Å². The molecule has 0 amide bonds. The zero-order valence-corrected chi connectivity index (χ0v) is 11.2. The summed E-state index contributed by atoms with van der Waals surface area (Å²) in [6.07, 6.45) is 0. The van der Waals surface area contributed by atoms with E-state index in [1.54, 1.807) is 0 Å². The molecule has 15 heavy (non-hydrogen) atoms. The third kappa shape index (κ3) is 3.99. The molecule has 0 aromatic heterocycles. The van der Waals surface area contributed by atoms with Crippen LogP contribution in [0, 0.1) is 5.82 Å². The number of rotatable bonds is 2. The van der Waals surface area contributed by atoms with Crippen LogP contribution < -0.4 is 29.6 Å². The molecule has 4 nitrogen and oxygen atoms in total. The average molecular weight is 263 g/mol. The second kappa shape index (κ2) is 5.58. The van der Waals surface area contributed by atoms with Crippen molar-refractivity contribution in [3.05, 3.63) is 34.6 Å². The summed E-state index contributed by atoms with van der Waals surface area (Å²) in [7, 11) is -4.89. The van der Waals surface area contributed by atoms with Crippen molar-refractivity contribution < 1.29 is 52.0 Å². The zero-order valence-electron chi connectivity index (χ0n) is 7.65. The number of benzene rings is 1. The van der Waals surface area contributed by atoms with Gasteiger partial charge in [0.2, 0.25) is 0 Å². The van der Waals surface area contributed by atoms with E-state index in [0.717, 1.165) is 18.2 Å². The largest absolute Gasteiger partial charge is 1.00 e. The van der Waals surface area contributed by atoms with Crippen LogP contribution in [0.4, 0.5) is 4.39 Å². The van der Waals surface area contributed by atoms with Crippen LogP contribution in [0.2, 0.25) is 5.02 Å². The molecule has 0 saturated heterocycles. The Kier molecular flexibility index (Phi) is 5.70. The number of hydrogen-bond acceptors (Lipinski definition) is 4. The molecule has 1 rings (SSSR count). The normalized spacial score (nSPS) is 13.1. The van der Waals surface area contributed by atoms with Gasteiger partial charge in [-0.05, 0) is 12.1 Å². The Morgan fingerprint density at radius 1 is 1.47 bits per heavy atom. The molecule has 0 aliphatic heterocycles. The third-order valence-corrected chi connectivity index (χ3v) is 2.63. The van der Waals surface area contributed by atoms with E-state index in [-0.39, 0.29) is 40.1 Å². The zero-order chi connectivity index (χ0) is 10.9. The summed E-state index contributed by atoms with van der Waals surface area (Å²) in [6.45, 7) is 0. The van der Waals surface area contributed by atoms with E-state index in [9.17, 15) is 17.4 Å². The monoisotopic (exact) mass is 262 g/mol. The molecule has 0 fully saturated rings. The summed E-state index contributed by atoms with van der Waals surface area (Å²) in [6, 6.07) is 2.65. The molecule has 0 aliphatic rings. The smallest absolute Gasteiger partial charge is 0.746 e. The first kappa shape index (κ1) is 15.3. The summed E-state index contributed by atoms with van der Waals surface area (Å²) in [5, 5.41) is 8.71. The number of aliphatic hydroxyl groups excluding tert-OH is 1. The maximum absolute atomic E-state index is 12.5. The third-order valence-electron chi connectivity index (χ3n) is 1.50. The van der Waals surface area contributed by atoms with Gasteiger partial charge in [0.1, 0.15) is 15.9 Å². The van der Waals surface area contributed by atoms with Crippen molar-refractivity contribution in [3.8, 4) is 0 Å². The summed E-state index contributed by atoms with van der Waals surface area (Å²) in [4.78, 5) is 0. The number of hydrogen-bond donors (Lipinski definition) is 1. The Bertz CT molecular complexity index is 450. The molecule has 0 aliphatic carbocycles. The van der Waals surface area contributed by atoms with Crippen LogP contribution in [0.3, 0.4) is 0 Å². The number of aliphatic hydroxyl groups is 1. The van der Waals surface area contributed by atoms with Crippen LogP contribution >= 0.6 is 11.6 Å². The quantitative estimate of drug-likeness (QED) is 0.495. The van der Waals surface area contributed by atoms with Gasteiger partial charge in [-0.1, -0.05) is 17.7 Å². The van der Waals surface area contributed by atoms with Gasteiger partial charge in [0, 0.05) is 5.56 Å². The molecule has 0 bridgehead atoms. The van der Waals surface area contributed by atoms with Crippen molar-refractivity contribution in [3.63, 3.8) is 0 Å². The molecule has 0 heterocycles. The average Bonchev–Trinajstić information content (AvgIpc) is 2.01.